The number of carbonyl (C=O) groups is 1. The Labute approximate surface area is 124 Å². The van der Waals surface area contributed by atoms with E-state index in [1.807, 2.05) is 13.8 Å². The highest BCUT2D eigenvalue weighted by atomic mass is 35.5. The van der Waals surface area contributed by atoms with E-state index in [4.69, 9.17) is 27.9 Å². The summed E-state index contributed by atoms with van der Waals surface area (Å²) in [6.07, 6.45) is -0.581. The van der Waals surface area contributed by atoms with Crippen LogP contribution in [-0.2, 0) is 4.74 Å². The van der Waals surface area contributed by atoms with E-state index in [9.17, 15) is 4.79 Å². The van der Waals surface area contributed by atoms with Crippen molar-refractivity contribution in [3.8, 4) is 0 Å². The molecule has 1 aromatic heterocycles. The number of halogens is 2. The van der Waals surface area contributed by atoms with E-state index >= 15 is 0 Å². The topological polar surface area (TPSA) is 51.2 Å². The molecule has 1 aromatic rings. The summed E-state index contributed by atoms with van der Waals surface area (Å²) in [5.41, 5.74) is 0.174. The molecule has 1 amide bonds. The fraction of sp³-hybridized carbons (Fsp3) is 0.538. The van der Waals surface area contributed by atoms with Crippen molar-refractivity contribution >= 4 is 35.1 Å². The fourth-order valence-electron chi connectivity index (χ4n) is 1.09. The Bertz CT molecular complexity index is 420. The number of pyridine rings is 1. The minimum atomic E-state index is -0.581. The summed E-state index contributed by atoms with van der Waals surface area (Å²) in [4.78, 5) is 15.4. The van der Waals surface area contributed by atoms with Crippen LogP contribution < -0.4 is 5.32 Å². The molecule has 0 spiro atoms. The number of carbonyl (C=O) groups excluding carboxylic acids is 1. The third-order valence-electron chi connectivity index (χ3n) is 1.73. The molecule has 0 aromatic carbocycles. The second-order valence-electron chi connectivity index (χ2n) is 4.56. The first-order valence-electron chi connectivity index (χ1n) is 6.01. The highest BCUT2D eigenvalue weighted by Gasteiger charge is 2.17. The van der Waals surface area contributed by atoms with Crippen molar-refractivity contribution in [2.24, 2.45) is 0 Å². The van der Waals surface area contributed by atoms with Gasteiger partial charge in [-0.05, 0) is 39.3 Å². The van der Waals surface area contributed by atoms with Gasteiger partial charge in [0.05, 0.1) is 5.02 Å². The van der Waals surface area contributed by atoms with Crippen molar-refractivity contribution in [3.05, 3.63) is 21.8 Å². The standard InChI is InChI=1S/C11H14Cl2N2O2.C2H6/c1-6-5-7(14-9(13)8(6)12)15-10(16)17-11(2,3)4;1-2/h5H,1-4H3,(H,14,15,16);1-2H3. The van der Waals surface area contributed by atoms with Gasteiger partial charge in [0.1, 0.15) is 16.6 Å². The van der Waals surface area contributed by atoms with Crippen molar-refractivity contribution in [2.75, 3.05) is 5.32 Å². The van der Waals surface area contributed by atoms with Crippen LogP contribution in [0.2, 0.25) is 10.2 Å². The molecule has 1 rings (SSSR count). The summed E-state index contributed by atoms with van der Waals surface area (Å²) in [5, 5.41) is 3.02. The molecule has 1 N–H and O–H groups in total. The maximum absolute atomic E-state index is 11.5. The third kappa shape index (κ3) is 6.64. The lowest BCUT2D eigenvalue weighted by Crippen LogP contribution is -2.27. The Balaban J connectivity index is 0.00000154. The SMILES string of the molecule is CC.Cc1cc(NC(=O)OC(C)(C)C)nc(Cl)c1Cl. The average Bonchev–Trinajstić information content (AvgIpc) is 2.25. The molecule has 0 aliphatic carbocycles. The molecular weight excluding hydrogens is 287 g/mol. The van der Waals surface area contributed by atoms with E-state index in [0.717, 1.165) is 5.56 Å². The average molecular weight is 307 g/mol. The van der Waals surface area contributed by atoms with Gasteiger partial charge in [-0.1, -0.05) is 37.0 Å². The summed E-state index contributed by atoms with van der Waals surface area (Å²) in [6, 6.07) is 1.62. The quantitative estimate of drug-likeness (QED) is 0.737. The van der Waals surface area contributed by atoms with Crippen molar-refractivity contribution in [3.63, 3.8) is 0 Å². The normalized spacial score (nSPS) is 10.3. The Morgan fingerprint density at radius 1 is 1.32 bits per heavy atom. The number of hydrogen-bond donors (Lipinski definition) is 1. The number of ether oxygens (including phenoxy) is 1. The van der Waals surface area contributed by atoms with E-state index in [1.54, 1.807) is 33.8 Å². The largest absolute Gasteiger partial charge is 0.444 e. The molecule has 0 saturated heterocycles. The Morgan fingerprint density at radius 3 is 2.26 bits per heavy atom. The van der Waals surface area contributed by atoms with Gasteiger partial charge in [-0.15, -0.1) is 0 Å². The molecule has 1 heterocycles. The molecule has 108 valence electrons. The van der Waals surface area contributed by atoms with Crippen LogP contribution in [-0.4, -0.2) is 16.7 Å². The number of aromatic nitrogens is 1. The van der Waals surface area contributed by atoms with Crippen LogP contribution in [0.15, 0.2) is 6.07 Å². The summed E-state index contributed by atoms with van der Waals surface area (Å²) < 4.78 is 5.09. The summed E-state index contributed by atoms with van der Waals surface area (Å²) in [7, 11) is 0. The third-order valence-corrected chi connectivity index (χ3v) is 2.58. The second-order valence-corrected chi connectivity index (χ2v) is 5.29. The molecular formula is C13H20Cl2N2O2. The van der Waals surface area contributed by atoms with Gasteiger partial charge in [0.15, 0.2) is 0 Å². The molecule has 0 aliphatic heterocycles. The van der Waals surface area contributed by atoms with Crippen molar-refractivity contribution in [1.82, 2.24) is 4.98 Å². The minimum absolute atomic E-state index is 0.151. The van der Waals surface area contributed by atoms with Gasteiger partial charge in [0.2, 0.25) is 0 Å². The second kappa shape index (κ2) is 7.56. The number of nitrogens with zero attached hydrogens (tertiary/aromatic N) is 1. The molecule has 0 radical (unpaired) electrons. The molecule has 0 bridgehead atoms. The zero-order chi connectivity index (χ0) is 15.2. The van der Waals surface area contributed by atoms with E-state index < -0.39 is 11.7 Å². The molecule has 0 fully saturated rings. The van der Waals surface area contributed by atoms with Crippen molar-refractivity contribution < 1.29 is 9.53 Å². The number of amides is 1. The van der Waals surface area contributed by atoms with Gasteiger partial charge in [0.25, 0.3) is 0 Å². The van der Waals surface area contributed by atoms with Gasteiger partial charge in [-0.3, -0.25) is 5.32 Å². The summed E-state index contributed by atoms with van der Waals surface area (Å²) >= 11 is 11.7. The van der Waals surface area contributed by atoms with E-state index in [1.165, 1.54) is 0 Å². The predicted molar refractivity (Wildman–Crippen MR) is 80.2 cm³/mol. The van der Waals surface area contributed by atoms with Crippen LogP contribution >= 0.6 is 23.2 Å². The number of anilines is 1. The lowest BCUT2D eigenvalue weighted by atomic mass is 10.2. The molecule has 0 unspecified atom stereocenters. The van der Waals surface area contributed by atoms with E-state index in [0.29, 0.717) is 10.8 Å². The number of aryl methyl sites for hydroxylation is 1. The van der Waals surface area contributed by atoms with Crippen LogP contribution in [0.25, 0.3) is 0 Å². The molecule has 19 heavy (non-hydrogen) atoms. The zero-order valence-corrected chi connectivity index (χ0v) is 13.6. The Kier molecular flexibility index (Phi) is 7.16. The number of nitrogens with one attached hydrogen (secondary N) is 1. The Hall–Kier alpha value is -1.00. The molecule has 6 heteroatoms. The Morgan fingerprint density at radius 2 is 1.84 bits per heavy atom. The maximum atomic E-state index is 11.5. The molecule has 0 saturated carbocycles. The van der Waals surface area contributed by atoms with Crippen molar-refractivity contribution in [1.29, 1.82) is 0 Å². The van der Waals surface area contributed by atoms with E-state index in [2.05, 4.69) is 10.3 Å². The maximum Gasteiger partial charge on any atom is 0.413 e. The van der Waals surface area contributed by atoms with Crippen molar-refractivity contribution in [2.45, 2.75) is 47.1 Å². The lowest BCUT2D eigenvalue weighted by Gasteiger charge is -2.19. The van der Waals surface area contributed by atoms with Gasteiger partial charge in [-0.2, -0.15) is 0 Å². The number of rotatable bonds is 1. The first-order valence-corrected chi connectivity index (χ1v) is 6.77. The first-order chi connectivity index (χ1) is 8.69. The van der Waals surface area contributed by atoms with Crippen LogP contribution in [0.5, 0.6) is 0 Å². The summed E-state index contributed by atoms with van der Waals surface area (Å²) in [5.74, 6) is 0.311. The highest BCUT2D eigenvalue weighted by Crippen LogP contribution is 2.26. The smallest absolute Gasteiger partial charge is 0.413 e. The zero-order valence-electron chi connectivity index (χ0n) is 12.1. The summed E-state index contributed by atoms with van der Waals surface area (Å²) in [6.45, 7) is 11.1. The van der Waals surface area contributed by atoms with Crippen LogP contribution in [0.3, 0.4) is 0 Å². The predicted octanol–water partition coefficient (Wildman–Crippen LogP) is 5.07. The van der Waals surface area contributed by atoms with Crippen LogP contribution in [0.4, 0.5) is 10.6 Å². The lowest BCUT2D eigenvalue weighted by molar-refractivity contribution is 0.0635. The fourth-order valence-corrected chi connectivity index (χ4v) is 1.43. The van der Waals surface area contributed by atoms with Gasteiger partial charge in [0, 0.05) is 0 Å². The molecule has 4 nitrogen and oxygen atoms in total. The number of hydrogen-bond acceptors (Lipinski definition) is 3. The molecule has 0 aliphatic rings. The van der Waals surface area contributed by atoms with Gasteiger partial charge in [-0.25, -0.2) is 9.78 Å². The van der Waals surface area contributed by atoms with E-state index in [-0.39, 0.29) is 5.15 Å². The van der Waals surface area contributed by atoms with Gasteiger partial charge >= 0.3 is 6.09 Å². The van der Waals surface area contributed by atoms with Crippen LogP contribution in [0, 0.1) is 6.92 Å². The highest BCUT2D eigenvalue weighted by molar-refractivity contribution is 6.41. The molecule has 0 atom stereocenters. The van der Waals surface area contributed by atoms with Crippen LogP contribution in [0.1, 0.15) is 40.2 Å². The minimum Gasteiger partial charge on any atom is -0.444 e. The first kappa shape index (κ1) is 18.0. The monoisotopic (exact) mass is 306 g/mol. The van der Waals surface area contributed by atoms with Gasteiger partial charge < -0.3 is 4.74 Å².